The van der Waals surface area contributed by atoms with Gasteiger partial charge in [-0.3, -0.25) is 4.90 Å². The SMILES string of the molecule is CC[C@H](c1cc(F)cc(Cl)c1)N1CCNCC1.Cl. The Labute approximate surface area is 119 Å². The molecule has 1 atom stereocenters. The number of nitrogens with one attached hydrogen (secondary N) is 1. The zero-order chi connectivity index (χ0) is 12.3. The molecular formula is C13H19Cl2FN2. The standard InChI is InChI=1S/C13H18ClFN2.ClH/c1-2-13(17-5-3-16-4-6-17)10-7-11(14)9-12(15)8-10;/h7-9,13,16H,2-6H2,1H3;1H/t13-;/m1./s1. The number of benzene rings is 1. The second-order valence-corrected chi connectivity index (χ2v) is 4.85. The van der Waals surface area contributed by atoms with E-state index >= 15 is 0 Å². The van der Waals surface area contributed by atoms with Crippen LogP contribution in [0.1, 0.15) is 24.9 Å². The van der Waals surface area contributed by atoms with Crippen LogP contribution >= 0.6 is 24.0 Å². The lowest BCUT2D eigenvalue weighted by molar-refractivity contribution is 0.169. The van der Waals surface area contributed by atoms with Crippen LogP contribution in [0.5, 0.6) is 0 Å². The second-order valence-electron chi connectivity index (χ2n) is 4.41. The van der Waals surface area contributed by atoms with Crippen LogP contribution in [0.4, 0.5) is 4.39 Å². The Kier molecular flexibility index (Phi) is 6.36. The quantitative estimate of drug-likeness (QED) is 0.920. The van der Waals surface area contributed by atoms with Crippen molar-refractivity contribution in [2.75, 3.05) is 26.2 Å². The molecule has 18 heavy (non-hydrogen) atoms. The van der Waals surface area contributed by atoms with Gasteiger partial charge < -0.3 is 5.32 Å². The van der Waals surface area contributed by atoms with Gasteiger partial charge in [0.15, 0.2) is 0 Å². The fourth-order valence-electron chi connectivity index (χ4n) is 2.47. The molecule has 1 heterocycles. The number of halogens is 3. The molecule has 1 N–H and O–H groups in total. The summed E-state index contributed by atoms with van der Waals surface area (Å²) in [5.41, 5.74) is 0.986. The molecule has 0 saturated carbocycles. The van der Waals surface area contributed by atoms with Crippen molar-refractivity contribution in [3.63, 3.8) is 0 Å². The summed E-state index contributed by atoms with van der Waals surface area (Å²) >= 11 is 5.92. The first-order chi connectivity index (χ1) is 8.20. The highest BCUT2D eigenvalue weighted by Gasteiger charge is 2.21. The van der Waals surface area contributed by atoms with E-state index in [4.69, 9.17) is 11.6 Å². The van der Waals surface area contributed by atoms with E-state index in [2.05, 4.69) is 17.1 Å². The molecule has 1 fully saturated rings. The topological polar surface area (TPSA) is 15.3 Å². The molecule has 1 saturated heterocycles. The highest BCUT2D eigenvalue weighted by atomic mass is 35.5. The van der Waals surface area contributed by atoms with Crippen LogP contribution in [-0.2, 0) is 0 Å². The van der Waals surface area contributed by atoms with Gasteiger partial charge >= 0.3 is 0 Å². The van der Waals surface area contributed by atoms with Gasteiger partial charge in [-0.05, 0) is 30.2 Å². The van der Waals surface area contributed by atoms with Crippen molar-refractivity contribution >= 4 is 24.0 Å². The number of piperazine rings is 1. The van der Waals surface area contributed by atoms with Crippen molar-refractivity contribution in [3.8, 4) is 0 Å². The third kappa shape index (κ3) is 3.82. The van der Waals surface area contributed by atoms with E-state index in [1.54, 1.807) is 6.07 Å². The normalized spacial score (nSPS) is 18.2. The Morgan fingerprint density at radius 3 is 2.56 bits per heavy atom. The number of hydrogen-bond donors (Lipinski definition) is 1. The monoisotopic (exact) mass is 292 g/mol. The first-order valence-corrected chi connectivity index (χ1v) is 6.49. The second kappa shape index (κ2) is 7.29. The maximum atomic E-state index is 13.4. The Morgan fingerprint density at radius 2 is 2.00 bits per heavy atom. The van der Waals surface area contributed by atoms with E-state index in [0.717, 1.165) is 38.2 Å². The number of rotatable bonds is 3. The summed E-state index contributed by atoms with van der Waals surface area (Å²) in [4.78, 5) is 2.39. The molecule has 0 spiro atoms. The third-order valence-corrected chi connectivity index (χ3v) is 3.47. The van der Waals surface area contributed by atoms with Crippen LogP contribution < -0.4 is 5.32 Å². The maximum absolute atomic E-state index is 13.4. The zero-order valence-corrected chi connectivity index (χ0v) is 12.0. The average Bonchev–Trinajstić information content (AvgIpc) is 2.30. The van der Waals surface area contributed by atoms with Crippen molar-refractivity contribution in [3.05, 3.63) is 34.6 Å². The lowest BCUT2D eigenvalue weighted by atomic mass is 10.0. The first-order valence-electron chi connectivity index (χ1n) is 6.11. The molecule has 1 aliphatic rings. The predicted molar refractivity (Wildman–Crippen MR) is 76.1 cm³/mol. The van der Waals surface area contributed by atoms with Crippen molar-refractivity contribution in [1.82, 2.24) is 10.2 Å². The van der Waals surface area contributed by atoms with Crippen LogP contribution in [0.25, 0.3) is 0 Å². The van der Waals surface area contributed by atoms with Gasteiger partial charge in [0.1, 0.15) is 5.82 Å². The van der Waals surface area contributed by atoms with Crippen molar-refractivity contribution < 1.29 is 4.39 Å². The Bertz CT molecular complexity index is 361. The maximum Gasteiger partial charge on any atom is 0.125 e. The molecule has 2 nitrogen and oxygen atoms in total. The summed E-state index contributed by atoms with van der Waals surface area (Å²) in [5, 5.41) is 3.81. The molecule has 1 aromatic rings. The summed E-state index contributed by atoms with van der Waals surface area (Å²) in [7, 11) is 0. The van der Waals surface area contributed by atoms with Gasteiger partial charge in [0, 0.05) is 37.2 Å². The Morgan fingerprint density at radius 1 is 1.33 bits per heavy atom. The molecular weight excluding hydrogens is 274 g/mol. The lowest BCUT2D eigenvalue weighted by Gasteiger charge is -2.34. The van der Waals surface area contributed by atoms with E-state index in [9.17, 15) is 4.39 Å². The minimum Gasteiger partial charge on any atom is -0.314 e. The van der Waals surface area contributed by atoms with Crippen molar-refractivity contribution in [2.24, 2.45) is 0 Å². The molecule has 102 valence electrons. The zero-order valence-electron chi connectivity index (χ0n) is 10.5. The van der Waals surface area contributed by atoms with Crippen molar-refractivity contribution in [1.29, 1.82) is 0 Å². The minimum absolute atomic E-state index is 0. The average molecular weight is 293 g/mol. The van der Waals surface area contributed by atoms with Gasteiger partial charge in [0.05, 0.1) is 0 Å². The summed E-state index contributed by atoms with van der Waals surface area (Å²) < 4.78 is 13.4. The molecule has 0 amide bonds. The fourth-order valence-corrected chi connectivity index (χ4v) is 2.70. The first kappa shape index (κ1) is 15.7. The summed E-state index contributed by atoms with van der Waals surface area (Å²) in [5.74, 6) is -0.249. The van der Waals surface area contributed by atoms with E-state index in [0.29, 0.717) is 5.02 Å². The third-order valence-electron chi connectivity index (χ3n) is 3.25. The Hall–Kier alpha value is -0.350. The van der Waals surface area contributed by atoms with Gasteiger partial charge in [0.25, 0.3) is 0 Å². The van der Waals surface area contributed by atoms with E-state index in [1.165, 1.54) is 6.07 Å². The van der Waals surface area contributed by atoms with Crippen LogP contribution in [-0.4, -0.2) is 31.1 Å². The predicted octanol–water partition coefficient (Wildman–Crippen LogP) is 3.26. The molecule has 5 heteroatoms. The summed E-state index contributed by atoms with van der Waals surface area (Å²) in [6, 6.07) is 5.10. The fraction of sp³-hybridized carbons (Fsp3) is 0.538. The van der Waals surface area contributed by atoms with Gasteiger partial charge in [-0.2, -0.15) is 0 Å². The van der Waals surface area contributed by atoms with Crippen LogP contribution in [0.15, 0.2) is 18.2 Å². The van der Waals surface area contributed by atoms with Crippen LogP contribution in [0.2, 0.25) is 5.02 Å². The lowest BCUT2D eigenvalue weighted by Crippen LogP contribution is -2.45. The van der Waals surface area contributed by atoms with E-state index < -0.39 is 0 Å². The largest absolute Gasteiger partial charge is 0.314 e. The molecule has 0 unspecified atom stereocenters. The smallest absolute Gasteiger partial charge is 0.125 e. The van der Waals surface area contributed by atoms with Gasteiger partial charge in [-0.15, -0.1) is 12.4 Å². The molecule has 0 aromatic heterocycles. The van der Waals surface area contributed by atoms with Crippen LogP contribution in [0.3, 0.4) is 0 Å². The van der Waals surface area contributed by atoms with Gasteiger partial charge in [-0.25, -0.2) is 4.39 Å². The minimum atomic E-state index is -0.249. The summed E-state index contributed by atoms with van der Waals surface area (Å²) in [6.07, 6.45) is 0.972. The molecule has 0 radical (unpaired) electrons. The van der Waals surface area contributed by atoms with Gasteiger partial charge in [-0.1, -0.05) is 18.5 Å². The molecule has 0 aliphatic carbocycles. The molecule has 2 rings (SSSR count). The Balaban J connectivity index is 0.00000162. The molecule has 1 aromatic carbocycles. The van der Waals surface area contributed by atoms with Crippen molar-refractivity contribution in [2.45, 2.75) is 19.4 Å². The van der Waals surface area contributed by atoms with E-state index in [-0.39, 0.29) is 24.3 Å². The highest BCUT2D eigenvalue weighted by Crippen LogP contribution is 2.27. The molecule has 1 aliphatic heterocycles. The number of hydrogen-bond acceptors (Lipinski definition) is 2. The van der Waals surface area contributed by atoms with Gasteiger partial charge in [0.2, 0.25) is 0 Å². The highest BCUT2D eigenvalue weighted by molar-refractivity contribution is 6.30. The van der Waals surface area contributed by atoms with E-state index in [1.807, 2.05) is 6.07 Å². The number of nitrogens with zero attached hydrogens (tertiary/aromatic N) is 1. The van der Waals surface area contributed by atoms with Crippen LogP contribution in [0, 0.1) is 5.82 Å². The summed E-state index contributed by atoms with van der Waals surface area (Å²) in [6.45, 7) is 6.14. The molecule has 0 bridgehead atoms.